The number of hydrogen-bond donors (Lipinski definition) is 2. The van der Waals surface area contributed by atoms with Crippen LogP contribution in [-0.2, 0) is 0 Å². The third-order valence-corrected chi connectivity index (χ3v) is 2.59. The minimum Gasteiger partial charge on any atom is -1.00 e. The van der Waals surface area contributed by atoms with E-state index in [-0.39, 0.29) is 29.5 Å². The predicted molar refractivity (Wildman–Crippen MR) is 51.1 cm³/mol. The third kappa shape index (κ3) is 3.04. The first-order valence-electron chi connectivity index (χ1n) is 3.14. The molecule has 0 unspecified atom stereocenters. The number of halogens is 2. The molecule has 0 saturated heterocycles. The molecule has 0 fully saturated rings. The standard InChI is InChI=1S/C7H6INO3.HI/c8-6-4(7(10)11)2-1-3-5(6)9-12;/h1-3H,9H2,(H,10,11);1H/p-1. The Kier molecular flexibility index (Phi) is 5.76. The molecule has 0 saturated carbocycles. The molecule has 4 nitrogen and oxygen atoms in total. The van der Waals surface area contributed by atoms with Crippen LogP contribution in [0.1, 0.15) is 10.4 Å². The van der Waals surface area contributed by atoms with Gasteiger partial charge in [-0.2, -0.15) is 0 Å². The Morgan fingerprint density at radius 2 is 2.15 bits per heavy atom. The van der Waals surface area contributed by atoms with Gasteiger partial charge in [0.25, 0.3) is 0 Å². The van der Waals surface area contributed by atoms with Crippen molar-refractivity contribution in [1.82, 2.24) is 0 Å². The molecule has 0 atom stereocenters. The van der Waals surface area contributed by atoms with E-state index in [4.69, 9.17) is 5.11 Å². The van der Waals surface area contributed by atoms with Crippen LogP contribution < -0.4 is 29.5 Å². The van der Waals surface area contributed by atoms with Crippen LogP contribution in [0.15, 0.2) is 18.2 Å². The first-order valence-corrected chi connectivity index (χ1v) is 4.21. The monoisotopic (exact) mass is 406 g/mol. The molecule has 0 amide bonds. The fraction of sp³-hybridized carbons (Fsp3) is 0. The molecule has 0 aliphatic carbocycles. The van der Waals surface area contributed by atoms with Crippen molar-refractivity contribution in [1.29, 1.82) is 0 Å². The van der Waals surface area contributed by atoms with Gasteiger partial charge in [0, 0.05) is 6.07 Å². The van der Waals surface area contributed by atoms with Crippen molar-refractivity contribution in [3.05, 3.63) is 32.5 Å². The Morgan fingerprint density at radius 3 is 2.62 bits per heavy atom. The molecule has 72 valence electrons. The van der Waals surface area contributed by atoms with Gasteiger partial charge in [-0.3, -0.25) is 0 Å². The molecule has 0 heterocycles. The largest absolute Gasteiger partial charge is 1.00 e. The average Bonchev–Trinajstić information content (AvgIpc) is 2.04. The van der Waals surface area contributed by atoms with Crippen molar-refractivity contribution in [3.63, 3.8) is 0 Å². The molecular formula is C7H6I2NO3-. The molecule has 0 spiro atoms. The van der Waals surface area contributed by atoms with E-state index in [1.54, 1.807) is 12.1 Å². The highest BCUT2D eigenvalue weighted by Gasteiger charge is 2.11. The van der Waals surface area contributed by atoms with Crippen molar-refractivity contribution in [3.8, 4) is 0 Å². The summed E-state index contributed by atoms with van der Waals surface area (Å²) in [7, 11) is 0. The maximum Gasteiger partial charge on any atom is 0.337 e. The van der Waals surface area contributed by atoms with Gasteiger partial charge in [-0.05, 0) is 28.7 Å². The van der Waals surface area contributed by atoms with Crippen LogP contribution in [0.2, 0.25) is 0 Å². The van der Waals surface area contributed by atoms with Crippen LogP contribution >= 0.6 is 22.6 Å². The summed E-state index contributed by atoms with van der Waals surface area (Å²) >= 11 is 1.84. The van der Waals surface area contributed by atoms with E-state index in [0.717, 1.165) is 0 Å². The van der Waals surface area contributed by atoms with Crippen molar-refractivity contribution in [2.45, 2.75) is 0 Å². The molecular weight excluding hydrogens is 400 g/mol. The number of aromatic carboxylic acids is 1. The molecule has 0 aliphatic rings. The highest BCUT2D eigenvalue weighted by atomic mass is 127. The van der Waals surface area contributed by atoms with Gasteiger partial charge in [0.05, 0.1) is 9.13 Å². The molecule has 0 aliphatic heterocycles. The molecule has 6 heteroatoms. The Labute approximate surface area is 105 Å². The van der Waals surface area contributed by atoms with Crippen molar-refractivity contribution in [2.75, 3.05) is 0 Å². The number of carboxylic acids is 1. The summed E-state index contributed by atoms with van der Waals surface area (Å²) in [5, 5.41) is 19.1. The van der Waals surface area contributed by atoms with E-state index < -0.39 is 5.97 Å². The van der Waals surface area contributed by atoms with E-state index in [2.05, 4.69) is 0 Å². The quantitative estimate of drug-likeness (QED) is 0.330. The summed E-state index contributed by atoms with van der Waals surface area (Å²) in [6.45, 7) is 0. The van der Waals surface area contributed by atoms with Crippen molar-refractivity contribution >= 4 is 34.2 Å². The average molecular weight is 406 g/mol. The Bertz CT molecular complexity index is 317. The SMILES string of the molecule is O=C(O)c1cccc([NH2+][O-])c1I.[I-]. The molecule has 1 aromatic carbocycles. The minimum absolute atomic E-state index is 0. The van der Waals surface area contributed by atoms with Crippen LogP contribution in [0, 0.1) is 8.78 Å². The second-order valence-electron chi connectivity index (χ2n) is 2.13. The normalized spacial score (nSPS) is 9.08. The van der Waals surface area contributed by atoms with Crippen LogP contribution in [0.5, 0.6) is 0 Å². The molecule has 3 N–H and O–H groups in total. The first kappa shape index (κ1) is 13.1. The summed E-state index contributed by atoms with van der Waals surface area (Å²) in [5.41, 5.74) is 1.23. The Hall–Kier alpha value is 0.0700. The summed E-state index contributed by atoms with van der Waals surface area (Å²) in [5.74, 6) is -1.01. The van der Waals surface area contributed by atoms with E-state index >= 15 is 0 Å². The van der Waals surface area contributed by atoms with E-state index in [9.17, 15) is 10.0 Å². The number of carbonyl (C=O) groups is 1. The second kappa shape index (κ2) is 5.73. The smallest absolute Gasteiger partial charge is 0.337 e. The van der Waals surface area contributed by atoms with E-state index in [1.165, 1.54) is 6.07 Å². The number of benzene rings is 1. The maximum absolute atomic E-state index is 10.6. The second-order valence-corrected chi connectivity index (χ2v) is 3.21. The number of quaternary nitrogens is 1. The number of nitrogens with two attached hydrogens (primary N) is 1. The molecule has 0 radical (unpaired) electrons. The first-order chi connectivity index (χ1) is 5.66. The van der Waals surface area contributed by atoms with Gasteiger partial charge in [-0.1, -0.05) is 6.07 Å². The lowest BCUT2D eigenvalue weighted by atomic mass is 10.2. The number of hydrogen-bond acceptors (Lipinski definition) is 2. The predicted octanol–water partition coefficient (Wildman–Crippen LogP) is -2.31. The van der Waals surface area contributed by atoms with Crippen LogP contribution in [0.25, 0.3) is 0 Å². The summed E-state index contributed by atoms with van der Waals surface area (Å²) < 4.78 is 0.484. The van der Waals surface area contributed by atoms with Gasteiger partial charge in [0.2, 0.25) is 0 Å². The Morgan fingerprint density at radius 1 is 1.54 bits per heavy atom. The fourth-order valence-corrected chi connectivity index (χ4v) is 1.52. The Balaban J connectivity index is 0.00000144. The molecule has 13 heavy (non-hydrogen) atoms. The lowest BCUT2D eigenvalue weighted by molar-refractivity contribution is -0.498. The molecule has 0 bridgehead atoms. The lowest BCUT2D eigenvalue weighted by Gasteiger charge is -2.05. The van der Waals surface area contributed by atoms with Gasteiger partial charge in [0.1, 0.15) is 5.69 Å². The topological polar surface area (TPSA) is 77.0 Å². The zero-order valence-electron chi connectivity index (χ0n) is 6.33. The summed E-state index contributed by atoms with van der Waals surface area (Å²) in [6, 6.07) is 4.60. The van der Waals surface area contributed by atoms with Gasteiger partial charge < -0.3 is 39.8 Å². The zero-order chi connectivity index (χ0) is 9.14. The van der Waals surface area contributed by atoms with E-state index in [0.29, 0.717) is 14.7 Å². The lowest BCUT2D eigenvalue weighted by Crippen LogP contribution is -3.00. The van der Waals surface area contributed by atoms with Crippen LogP contribution in [0.3, 0.4) is 0 Å². The molecule has 0 aromatic heterocycles. The van der Waals surface area contributed by atoms with Crippen LogP contribution in [-0.4, -0.2) is 11.1 Å². The van der Waals surface area contributed by atoms with E-state index in [1.807, 2.05) is 22.6 Å². The van der Waals surface area contributed by atoms with Gasteiger partial charge in [-0.25, -0.2) is 4.79 Å². The minimum atomic E-state index is -1.01. The highest BCUT2D eigenvalue weighted by Crippen LogP contribution is 2.17. The number of rotatable bonds is 2. The summed E-state index contributed by atoms with van der Waals surface area (Å²) in [4.78, 5) is 10.6. The van der Waals surface area contributed by atoms with Crippen molar-refractivity contribution < 1.29 is 39.4 Å². The highest BCUT2D eigenvalue weighted by molar-refractivity contribution is 14.1. The van der Waals surface area contributed by atoms with Gasteiger partial charge in [0.15, 0.2) is 0 Å². The van der Waals surface area contributed by atoms with Crippen LogP contribution in [0.4, 0.5) is 5.69 Å². The molecule has 1 aromatic rings. The molecule has 1 rings (SSSR count). The summed E-state index contributed by atoms with van der Waals surface area (Å²) in [6.07, 6.45) is 0. The maximum atomic E-state index is 10.6. The van der Waals surface area contributed by atoms with Gasteiger partial charge in [-0.15, -0.1) is 0 Å². The fourth-order valence-electron chi connectivity index (χ4n) is 0.806. The third-order valence-electron chi connectivity index (χ3n) is 1.39. The van der Waals surface area contributed by atoms with Gasteiger partial charge >= 0.3 is 5.97 Å². The zero-order valence-corrected chi connectivity index (χ0v) is 10.6. The van der Waals surface area contributed by atoms with Crippen molar-refractivity contribution in [2.24, 2.45) is 0 Å². The number of carboxylic acid groups (broad SMARTS) is 1.